The van der Waals surface area contributed by atoms with E-state index in [0.29, 0.717) is 5.82 Å². The average molecular weight is 549 g/mol. The van der Waals surface area contributed by atoms with Crippen LogP contribution in [0.15, 0.2) is 47.5 Å². The van der Waals surface area contributed by atoms with Gasteiger partial charge < -0.3 is 20.4 Å². The number of aromatic nitrogens is 4. The molecule has 0 spiro atoms. The number of carbonyl (C=O) groups excluding carboxylic acids is 1. The Bertz CT molecular complexity index is 1510. The second-order valence-corrected chi connectivity index (χ2v) is 11.9. The summed E-state index contributed by atoms with van der Waals surface area (Å²) in [6, 6.07) is 10.2. The highest BCUT2D eigenvalue weighted by atomic mass is 79.9. The molecule has 1 aromatic carbocycles. The number of carbonyl (C=O) groups is 1. The second-order valence-electron chi connectivity index (χ2n) is 11.2. The van der Waals surface area contributed by atoms with E-state index in [2.05, 4.69) is 47.9 Å². The predicted molar refractivity (Wildman–Crippen MR) is 144 cm³/mol. The minimum absolute atomic E-state index is 0.199. The van der Waals surface area contributed by atoms with E-state index in [1.165, 1.54) is 6.33 Å². The maximum atomic E-state index is 12.7. The smallest absolute Gasteiger partial charge is 0.408 e. The van der Waals surface area contributed by atoms with Crippen molar-refractivity contribution in [2.45, 2.75) is 69.6 Å². The summed E-state index contributed by atoms with van der Waals surface area (Å²) < 4.78 is 8.78. The number of rotatable bonds is 3. The van der Waals surface area contributed by atoms with Crippen molar-refractivity contribution in [2.75, 3.05) is 5.73 Å². The summed E-state index contributed by atoms with van der Waals surface area (Å²) in [6.45, 7) is 5.65. The lowest BCUT2D eigenvalue weighted by atomic mass is 9.91. The molecule has 2 aliphatic rings. The first-order chi connectivity index (χ1) is 17.1. The fourth-order valence-electron chi connectivity index (χ4n) is 6.18. The molecule has 2 saturated carbocycles. The molecule has 2 fully saturated rings. The molecule has 8 nitrogen and oxygen atoms in total. The van der Waals surface area contributed by atoms with E-state index in [1.54, 1.807) is 0 Å². The number of benzene rings is 1. The van der Waals surface area contributed by atoms with Gasteiger partial charge >= 0.3 is 6.09 Å². The average Bonchev–Trinajstić information content (AvgIpc) is 3.45. The number of alkyl carbamates (subject to hydrolysis) is 1. The number of nitrogens with one attached hydrogen (secondary N) is 1. The number of nitrogens with zero attached hydrogens (tertiary/aromatic N) is 4. The lowest BCUT2D eigenvalue weighted by Gasteiger charge is -2.31. The molecule has 0 atom stereocenters. The molecule has 36 heavy (non-hydrogen) atoms. The Balaban J connectivity index is 1.45. The molecule has 0 radical (unpaired) electrons. The highest BCUT2D eigenvalue weighted by Gasteiger charge is 2.57. The maximum absolute atomic E-state index is 12.7. The van der Waals surface area contributed by atoms with E-state index in [0.717, 1.165) is 69.8 Å². The van der Waals surface area contributed by atoms with Gasteiger partial charge in [-0.05, 0) is 80.9 Å². The molecule has 0 aliphatic heterocycles. The molecule has 3 aromatic heterocycles. The Hall–Kier alpha value is -3.20. The maximum Gasteiger partial charge on any atom is 0.408 e. The normalized spacial score (nSPS) is 23.4. The van der Waals surface area contributed by atoms with Gasteiger partial charge in [0.1, 0.15) is 23.4 Å². The van der Waals surface area contributed by atoms with Crippen molar-refractivity contribution >= 4 is 49.8 Å². The van der Waals surface area contributed by atoms with Crippen LogP contribution in [0.2, 0.25) is 0 Å². The van der Waals surface area contributed by atoms with E-state index >= 15 is 0 Å². The summed E-state index contributed by atoms with van der Waals surface area (Å²) in [5.41, 5.74) is 9.07. The quantitative estimate of drug-likeness (QED) is 0.328. The SMILES string of the molecule is CC(C)(C)OC(=O)NC12CCC(n3c(Br)c(-c4cnc5ccccc5c4)c4c(N)ncnc43)(CC1)C2. The molecule has 3 N–H and O–H groups in total. The molecule has 6 rings (SSSR count). The Morgan fingerprint density at radius 1 is 1.14 bits per heavy atom. The van der Waals surface area contributed by atoms with E-state index in [1.807, 2.05) is 45.2 Å². The van der Waals surface area contributed by atoms with Gasteiger partial charge in [0.25, 0.3) is 0 Å². The molecule has 0 saturated heterocycles. The lowest BCUT2D eigenvalue weighted by Crippen LogP contribution is -2.47. The van der Waals surface area contributed by atoms with Crippen LogP contribution in [0.1, 0.15) is 52.9 Å². The van der Waals surface area contributed by atoms with Gasteiger partial charge in [-0.3, -0.25) is 4.98 Å². The minimum atomic E-state index is -0.536. The van der Waals surface area contributed by atoms with Gasteiger partial charge in [-0.2, -0.15) is 0 Å². The first-order valence-electron chi connectivity index (χ1n) is 12.3. The zero-order chi connectivity index (χ0) is 25.3. The molecule has 9 heteroatoms. The largest absolute Gasteiger partial charge is 0.444 e. The van der Waals surface area contributed by atoms with Crippen LogP contribution in [0.3, 0.4) is 0 Å². The molecule has 1 amide bonds. The van der Waals surface area contributed by atoms with Crippen LogP contribution < -0.4 is 11.1 Å². The van der Waals surface area contributed by atoms with Gasteiger partial charge in [0.15, 0.2) is 0 Å². The number of hydrogen-bond donors (Lipinski definition) is 2. The predicted octanol–water partition coefficient (Wildman–Crippen LogP) is 5.93. The highest BCUT2D eigenvalue weighted by molar-refractivity contribution is 9.10. The van der Waals surface area contributed by atoms with Crippen LogP contribution >= 0.6 is 15.9 Å². The van der Waals surface area contributed by atoms with Crippen molar-refractivity contribution < 1.29 is 9.53 Å². The molecule has 2 aliphatic carbocycles. The van der Waals surface area contributed by atoms with Gasteiger partial charge in [-0.25, -0.2) is 14.8 Å². The van der Waals surface area contributed by atoms with E-state index in [4.69, 9.17) is 15.5 Å². The summed E-state index contributed by atoms with van der Waals surface area (Å²) in [4.78, 5) is 26.4. The summed E-state index contributed by atoms with van der Waals surface area (Å²) in [6.07, 6.45) is 7.46. The van der Waals surface area contributed by atoms with Crippen LogP contribution in [-0.2, 0) is 10.3 Å². The number of hydrogen-bond acceptors (Lipinski definition) is 6. The first-order valence-corrected chi connectivity index (χ1v) is 13.1. The number of ether oxygens (including phenoxy) is 1. The standard InChI is InChI=1S/C27H29BrN6O2/c1-25(2,3)36-24(35)33-26-8-10-27(14-26,11-9-26)34-21(28)19(20-22(29)31-15-32-23(20)34)17-12-16-6-4-5-7-18(16)30-13-17/h4-7,12-13,15H,8-11,14H2,1-3H3,(H,33,35)(H2,29,31,32). The third-order valence-corrected chi connectivity index (χ3v) is 8.40. The van der Waals surface area contributed by atoms with Crippen LogP contribution in [0.5, 0.6) is 0 Å². The molecule has 3 heterocycles. The summed E-state index contributed by atoms with van der Waals surface area (Å²) in [5, 5.41) is 5.09. The Kier molecular flexibility index (Phi) is 5.09. The topological polar surface area (TPSA) is 108 Å². The van der Waals surface area contributed by atoms with E-state index in [-0.39, 0.29) is 17.2 Å². The van der Waals surface area contributed by atoms with Crippen LogP contribution in [-0.4, -0.2) is 36.8 Å². The van der Waals surface area contributed by atoms with Gasteiger partial charge in [0.05, 0.1) is 15.5 Å². The van der Waals surface area contributed by atoms with Crippen LogP contribution in [0, 0.1) is 0 Å². The van der Waals surface area contributed by atoms with Gasteiger partial charge in [0, 0.05) is 33.8 Å². The highest BCUT2D eigenvalue weighted by Crippen LogP contribution is 2.58. The van der Waals surface area contributed by atoms with Gasteiger partial charge in [-0.15, -0.1) is 0 Å². The van der Waals surface area contributed by atoms with Gasteiger partial charge in [0.2, 0.25) is 0 Å². The van der Waals surface area contributed by atoms with E-state index < -0.39 is 5.60 Å². The number of pyridine rings is 1. The summed E-state index contributed by atoms with van der Waals surface area (Å²) in [7, 11) is 0. The lowest BCUT2D eigenvalue weighted by molar-refractivity contribution is 0.0458. The third-order valence-electron chi connectivity index (χ3n) is 7.65. The van der Waals surface area contributed by atoms with Crippen LogP contribution in [0.4, 0.5) is 10.6 Å². The monoisotopic (exact) mass is 548 g/mol. The van der Waals surface area contributed by atoms with Crippen molar-refractivity contribution in [3.63, 3.8) is 0 Å². The summed E-state index contributed by atoms with van der Waals surface area (Å²) >= 11 is 3.94. The van der Waals surface area contributed by atoms with E-state index in [9.17, 15) is 4.79 Å². The van der Waals surface area contributed by atoms with Crippen molar-refractivity contribution in [1.29, 1.82) is 0 Å². The zero-order valence-corrected chi connectivity index (χ0v) is 22.2. The molecule has 0 unspecified atom stereocenters. The van der Waals surface area contributed by atoms with Crippen molar-refractivity contribution in [3.8, 4) is 11.1 Å². The van der Waals surface area contributed by atoms with Gasteiger partial charge in [-0.1, -0.05) is 18.2 Å². The number of nitrogens with two attached hydrogens (primary N) is 1. The number of nitrogen functional groups attached to an aromatic ring is 1. The Morgan fingerprint density at radius 2 is 1.89 bits per heavy atom. The molecule has 186 valence electrons. The number of fused-ring (bicyclic) bond motifs is 4. The Morgan fingerprint density at radius 3 is 2.64 bits per heavy atom. The molecular weight excluding hydrogens is 520 g/mol. The molecule has 2 bridgehead atoms. The molecular formula is C27H29BrN6O2. The van der Waals surface area contributed by atoms with Crippen molar-refractivity contribution in [1.82, 2.24) is 24.8 Å². The van der Waals surface area contributed by atoms with Crippen LogP contribution in [0.25, 0.3) is 33.1 Å². The second kappa shape index (κ2) is 7.90. The number of anilines is 1. The number of halogens is 1. The minimum Gasteiger partial charge on any atom is -0.444 e. The number of amides is 1. The third kappa shape index (κ3) is 3.63. The fourth-order valence-corrected chi connectivity index (χ4v) is 7.15. The zero-order valence-electron chi connectivity index (χ0n) is 20.6. The Labute approximate surface area is 217 Å². The number of para-hydroxylation sites is 1. The molecule has 4 aromatic rings. The summed E-state index contributed by atoms with van der Waals surface area (Å²) in [5.74, 6) is 0.438. The van der Waals surface area contributed by atoms with Crippen molar-refractivity contribution in [2.24, 2.45) is 0 Å². The fraction of sp³-hybridized carbons (Fsp3) is 0.407. The van der Waals surface area contributed by atoms with Crippen molar-refractivity contribution in [3.05, 3.63) is 47.5 Å². The first kappa shape index (κ1) is 23.2.